The highest BCUT2D eigenvalue weighted by molar-refractivity contribution is 5.01. The number of rotatable bonds is 5. The summed E-state index contributed by atoms with van der Waals surface area (Å²) < 4.78 is 2.25. The third kappa shape index (κ3) is 2.54. The molecule has 0 bridgehead atoms. The molecule has 3 nitrogen and oxygen atoms in total. The number of hydrogen-bond acceptors (Lipinski definition) is 2. The van der Waals surface area contributed by atoms with Crippen LogP contribution in [-0.4, -0.2) is 22.6 Å². The van der Waals surface area contributed by atoms with Gasteiger partial charge in [0, 0.05) is 31.4 Å². The van der Waals surface area contributed by atoms with E-state index in [0.717, 1.165) is 13.0 Å². The maximum Gasteiger partial charge on any atom is 0.110 e. The molecule has 0 saturated heterocycles. The number of aryl methyl sites for hydroxylation is 1. The second-order valence-corrected chi connectivity index (χ2v) is 5.54. The molecule has 1 aliphatic rings. The minimum absolute atomic E-state index is 0.458. The van der Waals surface area contributed by atoms with Gasteiger partial charge in [-0.1, -0.05) is 19.8 Å². The van der Waals surface area contributed by atoms with Crippen molar-refractivity contribution < 1.29 is 0 Å². The van der Waals surface area contributed by atoms with Gasteiger partial charge in [0.25, 0.3) is 0 Å². The largest absolute Gasteiger partial charge is 0.335 e. The predicted octanol–water partition coefficient (Wildman–Crippen LogP) is 2.61. The van der Waals surface area contributed by atoms with E-state index in [2.05, 4.69) is 42.0 Å². The molecule has 2 rings (SSSR count). The van der Waals surface area contributed by atoms with Crippen molar-refractivity contribution in [1.29, 1.82) is 0 Å². The maximum absolute atomic E-state index is 4.50. The Labute approximate surface area is 105 Å². The third-order valence-corrected chi connectivity index (χ3v) is 4.46. The molecule has 1 aromatic rings. The number of hydrogen-bond donors (Lipinski definition) is 1. The SMILES string of the molecule is CCn1ccnc1CC(NC)C1(C)CCCC1. The summed E-state index contributed by atoms with van der Waals surface area (Å²) in [5.41, 5.74) is 0.458. The highest BCUT2D eigenvalue weighted by atomic mass is 15.1. The second-order valence-electron chi connectivity index (χ2n) is 5.54. The molecule has 0 radical (unpaired) electrons. The van der Waals surface area contributed by atoms with Crippen LogP contribution in [0, 0.1) is 5.41 Å². The summed E-state index contributed by atoms with van der Waals surface area (Å²) in [4.78, 5) is 4.50. The number of nitrogens with one attached hydrogen (secondary N) is 1. The summed E-state index contributed by atoms with van der Waals surface area (Å²) >= 11 is 0. The highest BCUT2D eigenvalue weighted by Gasteiger charge is 2.36. The molecule has 1 N–H and O–H groups in total. The molecule has 1 aliphatic carbocycles. The Bertz CT molecular complexity index is 350. The number of nitrogens with zero attached hydrogens (tertiary/aromatic N) is 2. The molecule has 1 unspecified atom stereocenters. The van der Waals surface area contributed by atoms with Gasteiger partial charge in [0.1, 0.15) is 5.82 Å². The summed E-state index contributed by atoms with van der Waals surface area (Å²) in [5, 5.41) is 3.52. The fraction of sp³-hybridized carbons (Fsp3) is 0.786. The minimum atomic E-state index is 0.458. The first-order valence-corrected chi connectivity index (χ1v) is 6.87. The van der Waals surface area contributed by atoms with Crippen molar-refractivity contribution in [1.82, 2.24) is 14.9 Å². The quantitative estimate of drug-likeness (QED) is 0.850. The zero-order valence-electron chi connectivity index (χ0n) is 11.4. The van der Waals surface area contributed by atoms with Crippen LogP contribution < -0.4 is 5.32 Å². The minimum Gasteiger partial charge on any atom is -0.335 e. The van der Waals surface area contributed by atoms with E-state index < -0.39 is 0 Å². The molecule has 1 saturated carbocycles. The van der Waals surface area contributed by atoms with Crippen LogP contribution in [0.2, 0.25) is 0 Å². The van der Waals surface area contributed by atoms with Crippen molar-refractivity contribution in [3.63, 3.8) is 0 Å². The summed E-state index contributed by atoms with van der Waals surface area (Å²) in [6.45, 7) is 5.62. The fourth-order valence-corrected chi connectivity index (χ4v) is 3.23. The van der Waals surface area contributed by atoms with E-state index >= 15 is 0 Å². The molecule has 1 aromatic heterocycles. The molecule has 1 heterocycles. The average Bonchev–Trinajstić information content (AvgIpc) is 2.95. The average molecular weight is 235 g/mol. The lowest BCUT2D eigenvalue weighted by atomic mass is 9.79. The number of aromatic nitrogens is 2. The zero-order valence-corrected chi connectivity index (χ0v) is 11.4. The summed E-state index contributed by atoms with van der Waals surface area (Å²) in [6.07, 6.45) is 10.5. The Morgan fingerprint density at radius 1 is 1.47 bits per heavy atom. The standard InChI is InChI=1S/C14H25N3/c1-4-17-10-9-16-13(17)11-12(15-3)14(2)7-5-6-8-14/h9-10,12,15H,4-8,11H2,1-3H3. The van der Waals surface area contributed by atoms with Gasteiger partial charge in [-0.05, 0) is 32.2 Å². The van der Waals surface area contributed by atoms with Crippen molar-refractivity contribution in [2.24, 2.45) is 5.41 Å². The van der Waals surface area contributed by atoms with Crippen molar-refractivity contribution in [3.8, 4) is 0 Å². The lowest BCUT2D eigenvalue weighted by Gasteiger charge is -2.34. The van der Waals surface area contributed by atoms with Crippen LogP contribution in [0.1, 0.15) is 45.4 Å². The van der Waals surface area contributed by atoms with E-state index in [1.165, 1.54) is 31.5 Å². The van der Waals surface area contributed by atoms with Crippen molar-refractivity contribution >= 4 is 0 Å². The molecule has 0 aromatic carbocycles. The van der Waals surface area contributed by atoms with Crippen molar-refractivity contribution in [2.75, 3.05) is 7.05 Å². The van der Waals surface area contributed by atoms with Crippen LogP contribution in [0.3, 0.4) is 0 Å². The molecule has 0 amide bonds. The van der Waals surface area contributed by atoms with Gasteiger partial charge in [-0.3, -0.25) is 0 Å². The van der Waals surface area contributed by atoms with Gasteiger partial charge < -0.3 is 9.88 Å². The van der Waals surface area contributed by atoms with Crippen molar-refractivity contribution in [2.45, 2.75) is 58.5 Å². The van der Waals surface area contributed by atoms with Crippen molar-refractivity contribution in [3.05, 3.63) is 18.2 Å². The predicted molar refractivity (Wildman–Crippen MR) is 71.0 cm³/mol. The van der Waals surface area contributed by atoms with E-state index in [-0.39, 0.29) is 0 Å². The highest BCUT2D eigenvalue weighted by Crippen LogP contribution is 2.41. The molecule has 17 heavy (non-hydrogen) atoms. The van der Waals surface area contributed by atoms with Crippen LogP contribution in [0.25, 0.3) is 0 Å². The van der Waals surface area contributed by atoms with Crippen LogP contribution >= 0.6 is 0 Å². The summed E-state index contributed by atoms with van der Waals surface area (Å²) in [7, 11) is 2.09. The molecular weight excluding hydrogens is 210 g/mol. The van der Waals surface area contributed by atoms with E-state index in [4.69, 9.17) is 0 Å². The number of imidazole rings is 1. The maximum atomic E-state index is 4.50. The van der Waals surface area contributed by atoms with Gasteiger partial charge in [-0.15, -0.1) is 0 Å². The van der Waals surface area contributed by atoms with Crippen LogP contribution in [0.4, 0.5) is 0 Å². The molecule has 1 atom stereocenters. The third-order valence-electron chi connectivity index (χ3n) is 4.46. The van der Waals surface area contributed by atoms with Crippen LogP contribution in [-0.2, 0) is 13.0 Å². The lowest BCUT2D eigenvalue weighted by Crippen LogP contribution is -2.42. The first-order chi connectivity index (χ1) is 8.19. The van der Waals surface area contributed by atoms with Gasteiger partial charge >= 0.3 is 0 Å². The van der Waals surface area contributed by atoms with Gasteiger partial charge in [-0.25, -0.2) is 4.98 Å². The fourth-order valence-electron chi connectivity index (χ4n) is 3.23. The van der Waals surface area contributed by atoms with Crippen LogP contribution in [0.15, 0.2) is 12.4 Å². The Kier molecular flexibility index (Phi) is 3.87. The normalized spacial score (nSPS) is 20.6. The molecule has 0 aliphatic heterocycles. The van der Waals surface area contributed by atoms with Gasteiger partial charge in [0.05, 0.1) is 0 Å². The molecule has 1 fully saturated rings. The molecule has 96 valence electrons. The monoisotopic (exact) mass is 235 g/mol. The van der Waals surface area contributed by atoms with Gasteiger partial charge in [0.2, 0.25) is 0 Å². The topological polar surface area (TPSA) is 29.9 Å². The molecular formula is C14H25N3. The molecule has 0 spiro atoms. The second kappa shape index (κ2) is 5.21. The van der Waals surface area contributed by atoms with E-state index in [9.17, 15) is 0 Å². The van der Waals surface area contributed by atoms with E-state index in [1.54, 1.807) is 0 Å². The Morgan fingerprint density at radius 3 is 2.76 bits per heavy atom. The van der Waals surface area contributed by atoms with Crippen LogP contribution in [0.5, 0.6) is 0 Å². The van der Waals surface area contributed by atoms with E-state index in [1.807, 2.05) is 6.20 Å². The summed E-state index contributed by atoms with van der Waals surface area (Å²) in [5.74, 6) is 1.22. The Balaban J connectivity index is 2.09. The number of likely N-dealkylation sites (N-methyl/N-ethyl adjacent to an activating group) is 1. The zero-order chi connectivity index (χ0) is 12.3. The smallest absolute Gasteiger partial charge is 0.110 e. The first kappa shape index (κ1) is 12.6. The molecule has 3 heteroatoms. The van der Waals surface area contributed by atoms with E-state index in [0.29, 0.717) is 11.5 Å². The summed E-state index contributed by atoms with van der Waals surface area (Å²) in [6, 6.07) is 0.553. The Hall–Kier alpha value is -0.830. The Morgan fingerprint density at radius 2 is 2.18 bits per heavy atom. The van der Waals surface area contributed by atoms with Gasteiger partial charge in [0.15, 0.2) is 0 Å². The van der Waals surface area contributed by atoms with Gasteiger partial charge in [-0.2, -0.15) is 0 Å². The lowest BCUT2D eigenvalue weighted by molar-refractivity contribution is 0.225. The first-order valence-electron chi connectivity index (χ1n) is 6.87.